The van der Waals surface area contributed by atoms with E-state index < -0.39 is 5.60 Å². The number of hydrogen-bond donors (Lipinski definition) is 1. The zero-order chi connectivity index (χ0) is 17.8. The molecule has 0 heterocycles. The molecule has 0 aromatic heterocycles. The second-order valence-electron chi connectivity index (χ2n) is 10.4. The largest absolute Gasteiger partial charge is 0.387 e. The van der Waals surface area contributed by atoms with Crippen LogP contribution in [0.4, 0.5) is 0 Å². The summed E-state index contributed by atoms with van der Waals surface area (Å²) in [6, 6.07) is 0. The second kappa shape index (κ2) is 6.37. The van der Waals surface area contributed by atoms with Gasteiger partial charge < -0.3 is 9.84 Å². The fourth-order valence-electron chi connectivity index (χ4n) is 8.17. The van der Waals surface area contributed by atoms with Crippen molar-refractivity contribution in [3.63, 3.8) is 0 Å². The third-order valence-corrected chi connectivity index (χ3v) is 9.11. The average molecular weight is 347 g/mol. The maximum atomic E-state index is 10.9. The minimum absolute atomic E-state index is 0.519. The Labute approximate surface area is 154 Å². The van der Waals surface area contributed by atoms with Gasteiger partial charge in [0, 0.05) is 7.11 Å². The van der Waals surface area contributed by atoms with Gasteiger partial charge >= 0.3 is 0 Å². The monoisotopic (exact) mass is 346 g/mol. The first-order valence-corrected chi connectivity index (χ1v) is 10.7. The molecule has 0 aliphatic heterocycles. The Bertz CT molecular complexity index is 528. The summed E-state index contributed by atoms with van der Waals surface area (Å²) in [6.45, 7) is 9.71. The Morgan fingerprint density at radius 2 is 1.80 bits per heavy atom. The van der Waals surface area contributed by atoms with Crippen molar-refractivity contribution in [3.05, 3.63) is 12.2 Å². The van der Waals surface area contributed by atoms with E-state index >= 15 is 0 Å². The van der Waals surface area contributed by atoms with Crippen LogP contribution in [0, 0.1) is 40.9 Å². The summed E-state index contributed by atoms with van der Waals surface area (Å²) in [5.74, 6) is 5.15. The Balaban J connectivity index is 1.51. The number of rotatable bonds is 3. The summed E-state index contributed by atoms with van der Waals surface area (Å²) in [4.78, 5) is 0. The fraction of sp³-hybridized carbons (Fsp3) is 0.913. The molecule has 2 nitrogen and oxygen atoms in total. The smallest absolute Gasteiger partial charge is 0.0882 e. The van der Waals surface area contributed by atoms with E-state index in [0.717, 1.165) is 48.3 Å². The Hall–Kier alpha value is -0.340. The van der Waals surface area contributed by atoms with Crippen LogP contribution in [0.1, 0.15) is 71.6 Å². The normalized spacial score (nSPS) is 52.2. The molecule has 0 aromatic carbocycles. The molecule has 4 fully saturated rings. The summed E-state index contributed by atoms with van der Waals surface area (Å²) in [5, 5.41) is 10.9. The molecule has 1 N–H and O–H groups in total. The number of methoxy groups -OCH3 is 1. The van der Waals surface area contributed by atoms with Crippen LogP contribution in [-0.2, 0) is 4.74 Å². The predicted octanol–water partition coefficient (Wildman–Crippen LogP) is 5.21. The van der Waals surface area contributed by atoms with Crippen molar-refractivity contribution in [2.24, 2.45) is 40.9 Å². The van der Waals surface area contributed by atoms with Crippen LogP contribution in [-0.4, -0.2) is 24.4 Å². The molecule has 4 aliphatic rings. The summed E-state index contributed by atoms with van der Waals surface area (Å²) in [6.07, 6.45) is 11.5. The van der Waals surface area contributed by atoms with Gasteiger partial charge in [0.25, 0.3) is 0 Å². The zero-order valence-corrected chi connectivity index (χ0v) is 16.6. The average Bonchev–Trinajstić information content (AvgIpc) is 2.91. The SMILES string of the molecule is C=C(C)[C@H]1CC[C@H]2[C@@H]3CC[C@H]4C[C@@](O)(COC)CC[C@@H]4[C@H]3CC[C@]12C. The second-order valence-corrected chi connectivity index (χ2v) is 10.4. The lowest BCUT2D eigenvalue weighted by Crippen LogP contribution is -2.51. The van der Waals surface area contributed by atoms with Crippen LogP contribution >= 0.6 is 0 Å². The lowest BCUT2D eigenvalue weighted by Gasteiger charge is -2.57. The van der Waals surface area contributed by atoms with Crippen LogP contribution in [0.2, 0.25) is 0 Å². The van der Waals surface area contributed by atoms with E-state index in [1.54, 1.807) is 7.11 Å². The molecule has 4 aliphatic carbocycles. The van der Waals surface area contributed by atoms with Gasteiger partial charge in [0.05, 0.1) is 12.2 Å². The van der Waals surface area contributed by atoms with Gasteiger partial charge in [0.15, 0.2) is 0 Å². The zero-order valence-electron chi connectivity index (χ0n) is 16.6. The summed E-state index contributed by atoms with van der Waals surface area (Å²) in [7, 11) is 1.72. The molecular formula is C23H38O2. The molecule has 0 saturated heterocycles. The highest BCUT2D eigenvalue weighted by atomic mass is 16.5. The number of allylic oxidation sites excluding steroid dienone is 1. The van der Waals surface area contributed by atoms with Gasteiger partial charge in [-0.25, -0.2) is 0 Å². The van der Waals surface area contributed by atoms with Gasteiger partial charge in [0.2, 0.25) is 0 Å². The molecule has 142 valence electrons. The first-order valence-electron chi connectivity index (χ1n) is 10.7. The molecule has 25 heavy (non-hydrogen) atoms. The van der Waals surface area contributed by atoms with Crippen molar-refractivity contribution >= 4 is 0 Å². The minimum atomic E-state index is -0.551. The lowest BCUT2D eigenvalue weighted by molar-refractivity contribution is -0.123. The van der Waals surface area contributed by atoms with Gasteiger partial charge in [-0.2, -0.15) is 0 Å². The first-order chi connectivity index (χ1) is 11.9. The van der Waals surface area contributed by atoms with Crippen molar-refractivity contribution in [2.75, 3.05) is 13.7 Å². The van der Waals surface area contributed by atoms with Crippen molar-refractivity contribution in [1.82, 2.24) is 0 Å². The Morgan fingerprint density at radius 1 is 1.04 bits per heavy atom. The van der Waals surface area contributed by atoms with Crippen molar-refractivity contribution < 1.29 is 9.84 Å². The van der Waals surface area contributed by atoms with Crippen LogP contribution in [0.5, 0.6) is 0 Å². The topological polar surface area (TPSA) is 29.5 Å². The number of fused-ring (bicyclic) bond motifs is 5. The number of aliphatic hydroxyl groups is 1. The van der Waals surface area contributed by atoms with Gasteiger partial charge in [-0.1, -0.05) is 19.1 Å². The van der Waals surface area contributed by atoms with E-state index in [4.69, 9.17) is 4.74 Å². The molecule has 4 saturated carbocycles. The van der Waals surface area contributed by atoms with E-state index in [1.807, 2.05) is 0 Å². The standard InChI is InChI=1S/C23H38O2/c1-15(2)20-7-8-21-19-6-5-16-13-23(24,14-25-4)12-10-17(16)18(19)9-11-22(20,21)3/h16-21,24H,1,5-14H2,2-4H3/t16-,17-,18+,19+,20+,21-,22+,23+/m0/s1. The van der Waals surface area contributed by atoms with Gasteiger partial charge in [-0.15, -0.1) is 0 Å². The van der Waals surface area contributed by atoms with E-state index in [2.05, 4.69) is 20.4 Å². The highest BCUT2D eigenvalue weighted by Crippen LogP contribution is 2.65. The van der Waals surface area contributed by atoms with Crippen LogP contribution in [0.15, 0.2) is 12.2 Å². The third kappa shape index (κ3) is 2.83. The molecule has 0 bridgehead atoms. The molecule has 0 radical (unpaired) electrons. The molecule has 0 aromatic rings. The molecule has 8 atom stereocenters. The molecule has 0 amide bonds. The third-order valence-electron chi connectivity index (χ3n) is 9.11. The molecule has 0 spiro atoms. The van der Waals surface area contributed by atoms with Crippen LogP contribution in [0.25, 0.3) is 0 Å². The quantitative estimate of drug-likeness (QED) is 0.711. The predicted molar refractivity (Wildman–Crippen MR) is 102 cm³/mol. The molecule has 0 unspecified atom stereocenters. The fourth-order valence-corrected chi connectivity index (χ4v) is 8.17. The Morgan fingerprint density at radius 3 is 2.52 bits per heavy atom. The van der Waals surface area contributed by atoms with Gasteiger partial charge in [-0.3, -0.25) is 0 Å². The highest BCUT2D eigenvalue weighted by Gasteiger charge is 2.57. The van der Waals surface area contributed by atoms with E-state index in [9.17, 15) is 5.11 Å². The summed E-state index contributed by atoms with van der Waals surface area (Å²) < 4.78 is 5.32. The first kappa shape index (κ1) is 18.0. The highest BCUT2D eigenvalue weighted by molar-refractivity contribution is 5.14. The molecule has 2 heteroatoms. The van der Waals surface area contributed by atoms with E-state index in [0.29, 0.717) is 12.0 Å². The number of hydrogen-bond acceptors (Lipinski definition) is 2. The van der Waals surface area contributed by atoms with Crippen molar-refractivity contribution in [1.29, 1.82) is 0 Å². The maximum Gasteiger partial charge on any atom is 0.0882 e. The maximum absolute atomic E-state index is 10.9. The van der Waals surface area contributed by atoms with Crippen LogP contribution in [0.3, 0.4) is 0 Å². The van der Waals surface area contributed by atoms with Crippen LogP contribution < -0.4 is 0 Å². The van der Waals surface area contributed by atoms with Gasteiger partial charge in [0.1, 0.15) is 0 Å². The van der Waals surface area contributed by atoms with Gasteiger partial charge in [-0.05, 0) is 106 Å². The minimum Gasteiger partial charge on any atom is -0.387 e. The Kier molecular flexibility index (Phi) is 4.60. The lowest BCUT2D eigenvalue weighted by atomic mass is 9.49. The van der Waals surface area contributed by atoms with E-state index in [1.165, 1.54) is 50.5 Å². The molecular weight excluding hydrogens is 308 g/mol. The van der Waals surface area contributed by atoms with E-state index in [-0.39, 0.29) is 0 Å². The van der Waals surface area contributed by atoms with Crippen molar-refractivity contribution in [3.8, 4) is 0 Å². The summed E-state index contributed by atoms with van der Waals surface area (Å²) >= 11 is 0. The number of ether oxygens (including phenoxy) is 1. The van der Waals surface area contributed by atoms with Crippen molar-refractivity contribution in [2.45, 2.75) is 77.2 Å². The summed E-state index contributed by atoms with van der Waals surface area (Å²) in [5.41, 5.74) is 1.40. The molecule has 4 rings (SSSR count).